The number of carbonyl (C=O) groups excluding carboxylic acids is 2. The van der Waals surface area contributed by atoms with Crippen molar-refractivity contribution in [1.82, 2.24) is 10.2 Å². The lowest BCUT2D eigenvalue weighted by molar-refractivity contribution is -0.125. The van der Waals surface area contributed by atoms with Crippen LogP contribution < -0.4 is 5.32 Å². The molecule has 1 aromatic heterocycles. The van der Waals surface area contributed by atoms with Gasteiger partial charge in [-0.15, -0.1) is 0 Å². The number of amides is 2. The van der Waals surface area contributed by atoms with E-state index in [-0.39, 0.29) is 23.7 Å². The van der Waals surface area contributed by atoms with Gasteiger partial charge in [-0.3, -0.25) is 9.59 Å². The van der Waals surface area contributed by atoms with E-state index in [0.717, 1.165) is 0 Å². The Morgan fingerprint density at radius 3 is 2.80 bits per heavy atom. The lowest BCUT2D eigenvalue weighted by atomic mass is 9.96. The summed E-state index contributed by atoms with van der Waals surface area (Å²) in [7, 11) is 3.21. The molecule has 2 heterocycles. The molecule has 6 nitrogen and oxygen atoms in total. The first-order valence-corrected chi connectivity index (χ1v) is 6.62. The van der Waals surface area contributed by atoms with Crippen molar-refractivity contribution < 1.29 is 18.7 Å². The number of ether oxygens (including phenoxy) is 1. The van der Waals surface area contributed by atoms with E-state index < -0.39 is 0 Å². The lowest BCUT2D eigenvalue weighted by Crippen LogP contribution is -2.34. The topological polar surface area (TPSA) is 71.8 Å². The second-order valence-electron chi connectivity index (χ2n) is 5.04. The number of hydrogen-bond donors (Lipinski definition) is 1. The van der Waals surface area contributed by atoms with Gasteiger partial charge in [-0.2, -0.15) is 0 Å². The van der Waals surface area contributed by atoms with Gasteiger partial charge >= 0.3 is 0 Å². The molecule has 1 fully saturated rings. The molecule has 1 N–H and O–H groups in total. The van der Waals surface area contributed by atoms with Crippen molar-refractivity contribution in [1.29, 1.82) is 0 Å². The van der Waals surface area contributed by atoms with Crippen LogP contribution in [0.1, 0.15) is 16.1 Å². The van der Waals surface area contributed by atoms with E-state index in [9.17, 15) is 9.59 Å². The van der Waals surface area contributed by atoms with E-state index >= 15 is 0 Å². The predicted molar refractivity (Wildman–Crippen MR) is 72.3 cm³/mol. The Bertz CT molecular complexity index is 497. The maximum atomic E-state index is 12.4. The highest BCUT2D eigenvalue weighted by Gasteiger charge is 2.39. The zero-order chi connectivity index (χ0) is 14.7. The molecule has 0 saturated carbocycles. The Hall–Kier alpha value is -1.82. The van der Waals surface area contributed by atoms with Gasteiger partial charge in [0.05, 0.1) is 24.4 Å². The van der Waals surface area contributed by atoms with Gasteiger partial charge in [0, 0.05) is 33.2 Å². The molecule has 0 unspecified atom stereocenters. The second kappa shape index (κ2) is 6.09. The fourth-order valence-electron chi connectivity index (χ4n) is 2.68. The summed E-state index contributed by atoms with van der Waals surface area (Å²) >= 11 is 0. The van der Waals surface area contributed by atoms with Gasteiger partial charge in [0.1, 0.15) is 5.76 Å². The van der Waals surface area contributed by atoms with Crippen molar-refractivity contribution in [2.45, 2.75) is 6.92 Å². The molecule has 0 aliphatic carbocycles. The Labute approximate surface area is 118 Å². The average Bonchev–Trinajstić information content (AvgIpc) is 3.04. The number of likely N-dealkylation sites (tertiary alicyclic amines) is 1. The second-order valence-corrected chi connectivity index (χ2v) is 5.04. The van der Waals surface area contributed by atoms with Gasteiger partial charge in [0.15, 0.2) is 0 Å². The van der Waals surface area contributed by atoms with Crippen LogP contribution in [0.25, 0.3) is 0 Å². The van der Waals surface area contributed by atoms with Crippen LogP contribution in [-0.4, -0.2) is 50.6 Å². The third-order valence-corrected chi connectivity index (χ3v) is 3.78. The van der Waals surface area contributed by atoms with Gasteiger partial charge in [-0.05, 0) is 13.0 Å². The zero-order valence-corrected chi connectivity index (χ0v) is 12.0. The van der Waals surface area contributed by atoms with Crippen LogP contribution >= 0.6 is 0 Å². The van der Waals surface area contributed by atoms with E-state index in [1.54, 1.807) is 32.0 Å². The molecule has 1 aliphatic heterocycles. The smallest absolute Gasteiger partial charge is 0.257 e. The Morgan fingerprint density at radius 1 is 1.50 bits per heavy atom. The molecule has 1 aromatic rings. The fourth-order valence-corrected chi connectivity index (χ4v) is 2.68. The summed E-state index contributed by atoms with van der Waals surface area (Å²) in [6, 6.07) is 1.66. The number of nitrogens with zero attached hydrogens (tertiary/aromatic N) is 1. The molecule has 1 aliphatic rings. The quantitative estimate of drug-likeness (QED) is 0.880. The summed E-state index contributed by atoms with van der Waals surface area (Å²) in [5.74, 6) is 0.254. The van der Waals surface area contributed by atoms with Crippen molar-refractivity contribution in [2.24, 2.45) is 11.8 Å². The Balaban J connectivity index is 2.13. The van der Waals surface area contributed by atoms with Crippen LogP contribution in [0.2, 0.25) is 0 Å². The first-order valence-electron chi connectivity index (χ1n) is 6.62. The predicted octanol–water partition coefficient (Wildman–Crippen LogP) is 0.669. The van der Waals surface area contributed by atoms with Gasteiger partial charge in [-0.25, -0.2) is 0 Å². The fraction of sp³-hybridized carbons (Fsp3) is 0.571. The number of hydrogen-bond acceptors (Lipinski definition) is 4. The van der Waals surface area contributed by atoms with E-state index in [1.165, 1.54) is 6.26 Å². The van der Waals surface area contributed by atoms with E-state index in [2.05, 4.69) is 5.32 Å². The third-order valence-electron chi connectivity index (χ3n) is 3.78. The van der Waals surface area contributed by atoms with Crippen LogP contribution in [0.3, 0.4) is 0 Å². The molecule has 0 radical (unpaired) electrons. The van der Waals surface area contributed by atoms with Gasteiger partial charge in [0.25, 0.3) is 5.91 Å². The molecule has 0 spiro atoms. The number of carbonyl (C=O) groups is 2. The molecule has 1 saturated heterocycles. The monoisotopic (exact) mass is 280 g/mol. The van der Waals surface area contributed by atoms with Gasteiger partial charge in [0.2, 0.25) is 5.91 Å². The lowest BCUT2D eigenvalue weighted by Gasteiger charge is -2.15. The number of methoxy groups -OCH3 is 1. The van der Waals surface area contributed by atoms with Crippen molar-refractivity contribution >= 4 is 11.8 Å². The van der Waals surface area contributed by atoms with Crippen molar-refractivity contribution in [2.75, 3.05) is 33.9 Å². The molecule has 0 bridgehead atoms. The first kappa shape index (κ1) is 14.6. The highest BCUT2D eigenvalue weighted by atomic mass is 16.5. The SMILES string of the molecule is CNC(=O)[C@@H]1CN(C(=O)c2ccoc2C)C[C@H]1COC. The number of nitrogens with one attached hydrogen (secondary N) is 1. The summed E-state index contributed by atoms with van der Waals surface area (Å²) in [4.78, 5) is 26.0. The number of aryl methyl sites for hydroxylation is 1. The van der Waals surface area contributed by atoms with Crippen LogP contribution in [0, 0.1) is 18.8 Å². The average molecular weight is 280 g/mol. The molecule has 0 aromatic carbocycles. The van der Waals surface area contributed by atoms with Crippen LogP contribution in [0.4, 0.5) is 0 Å². The minimum Gasteiger partial charge on any atom is -0.469 e. The maximum absolute atomic E-state index is 12.4. The van der Waals surface area contributed by atoms with Crippen molar-refractivity contribution in [3.63, 3.8) is 0 Å². The number of furan rings is 1. The highest BCUT2D eigenvalue weighted by molar-refractivity contribution is 5.95. The van der Waals surface area contributed by atoms with Crippen molar-refractivity contribution in [3.8, 4) is 0 Å². The largest absolute Gasteiger partial charge is 0.469 e. The third kappa shape index (κ3) is 2.70. The van der Waals surface area contributed by atoms with E-state index in [4.69, 9.17) is 9.15 Å². The summed E-state index contributed by atoms with van der Waals surface area (Å²) in [5, 5.41) is 2.65. The highest BCUT2D eigenvalue weighted by Crippen LogP contribution is 2.26. The van der Waals surface area contributed by atoms with E-state index in [0.29, 0.717) is 31.0 Å². The van der Waals surface area contributed by atoms with Crippen LogP contribution in [0.15, 0.2) is 16.7 Å². The number of rotatable bonds is 4. The van der Waals surface area contributed by atoms with Crippen LogP contribution in [-0.2, 0) is 9.53 Å². The summed E-state index contributed by atoms with van der Waals surface area (Å²) in [6.07, 6.45) is 1.50. The summed E-state index contributed by atoms with van der Waals surface area (Å²) < 4.78 is 10.3. The molecule has 2 atom stereocenters. The van der Waals surface area contributed by atoms with Gasteiger partial charge in [-0.1, -0.05) is 0 Å². The summed E-state index contributed by atoms with van der Waals surface area (Å²) in [6.45, 7) is 3.16. The minimum absolute atomic E-state index is 0.0242. The molecule has 2 rings (SSSR count). The first-order chi connectivity index (χ1) is 9.58. The van der Waals surface area contributed by atoms with Gasteiger partial charge < -0.3 is 19.4 Å². The summed E-state index contributed by atoms with van der Waals surface area (Å²) in [5.41, 5.74) is 0.554. The minimum atomic E-state index is -0.226. The Kier molecular flexibility index (Phi) is 4.44. The standard InChI is InChI=1S/C14H20N2O4/c1-9-11(4-5-20-9)14(18)16-6-10(8-19-3)12(7-16)13(17)15-2/h4-5,10,12H,6-8H2,1-3H3,(H,15,17)/t10-,12+/m0/s1. The van der Waals surface area contributed by atoms with E-state index in [1.807, 2.05) is 0 Å². The normalized spacial score (nSPS) is 22.1. The van der Waals surface area contributed by atoms with Crippen molar-refractivity contribution in [3.05, 3.63) is 23.7 Å². The van der Waals surface area contributed by atoms with Crippen LogP contribution in [0.5, 0.6) is 0 Å². The molecular formula is C14H20N2O4. The zero-order valence-electron chi connectivity index (χ0n) is 12.0. The molecule has 6 heteroatoms. The molecule has 2 amide bonds. The molecular weight excluding hydrogens is 260 g/mol. The molecule has 20 heavy (non-hydrogen) atoms. The maximum Gasteiger partial charge on any atom is 0.257 e. The Morgan fingerprint density at radius 2 is 2.25 bits per heavy atom. The molecule has 110 valence electrons.